The van der Waals surface area contributed by atoms with E-state index in [2.05, 4.69) is 18.7 Å². The van der Waals surface area contributed by atoms with Crippen molar-refractivity contribution in [1.82, 2.24) is 4.90 Å². The summed E-state index contributed by atoms with van der Waals surface area (Å²) >= 11 is 6.79. The Morgan fingerprint density at radius 3 is 2.44 bits per heavy atom. The van der Waals surface area contributed by atoms with Crippen molar-refractivity contribution in [2.45, 2.75) is 38.7 Å². The molecular formula is C28H33ClN2O3. The molecular weight excluding hydrogens is 448 g/mol. The second kappa shape index (κ2) is 10.4. The molecule has 0 bridgehead atoms. The van der Waals surface area contributed by atoms with E-state index in [1.807, 2.05) is 54.6 Å². The normalized spacial score (nSPS) is 17.7. The van der Waals surface area contributed by atoms with Gasteiger partial charge in [0.25, 0.3) is 5.91 Å². The summed E-state index contributed by atoms with van der Waals surface area (Å²) < 4.78 is 0. The van der Waals surface area contributed by atoms with Crippen molar-refractivity contribution < 1.29 is 15.0 Å². The van der Waals surface area contributed by atoms with E-state index in [0.29, 0.717) is 41.3 Å². The van der Waals surface area contributed by atoms with Crippen molar-refractivity contribution in [3.05, 3.63) is 76.3 Å². The third-order valence-electron chi connectivity index (χ3n) is 6.91. The molecule has 0 saturated carbocycles. The number of anilines is 1. The van der Waals surface area contributed by atoms with Crippen LogP contribution in [-0.2, 0) is 16.8 Å². The average molecular weight is 481 g/mol. The van der Waals surface area contributed by atoms with Crippen LogP contribution in [0.1, 0.15) is 43.4 Å². The first-order chi connectivity index (χ1) is 16.4. The smallest absolute Gasteiger partial charge is 0.268 e. The molecule has 1 unspecified atom stereocenters. The summed E-state index contributed by atoms with van der Waals surface area (Å²) in [6.07, 6.45) is 2.29. The van der Waals surface area contributed by atoms with Gasteiger partial charge in [-0.25, -0.2) is 0 Å². The highest BCUT2D eigenvalue weighted by atomic mass is 35.5. The first-order valence-corrected chi connectivity index (χ1v) is 12.5. The number of aryl methyl sites for hydroxylation is 1. The molecule has 5 nitrogen and oxygen atoms in total. The zero-order chi connectivity index (χ0) is 24.3. The number of likely N-dealkylation sites (N-methyl/N-ethyl adjacent to an activating group) is 1. The standard InChI is InChI=1S/C28H33ClN2O3/c1-3-30(4-2)14-15-31-25-18-20(9-7-8-16-32)17-24(29)26(25)28(34,27(31)33)23-13-12-21-10-5-6-11-22(21)19-23/h5-6,10-13,17-19,32,34H,3-4,7-9,14-16H2,1-2H3. The van der Waals surface area contributed by atoms with E-state index in [4.69, 9.17) is 16.7 Å². The van der Waals surface area contributed by atoms with E-state index in [9.17, 15) is 9.90 Å². The Morgan fingerprint density at radius 2 is 1.74 bits per heavy atom. The maximum Gasteiger partial charge on any atom is 0.268 e. The summed E-state index contributed by atoms with van der Waals surface area (Å²) in [6.45, 7) is 7.31. The number of rotatable bonds is 10. The quantitative estimate of drug-likeness (QED) is 0.412. The van der Waals surface area contributed by atoms with Crippen molar-refractivity contribution in [2.75, 3.05) is 37.7 Å². The van der Waals surface area contributed by atoms with E-state index in [0.717, 1.165) is 42.3 Å². The number of benzene rings is 3. The van der Waals surface area contributed by atoms with Crippen molar-refractivity contribution >= 4 is 34.0 Å². The van der Waals surface area contributed by atoms with Gasteiger partial charge in [0.05, 0.1) is 5.69 Å². The highest BCUT2D eigenvalue weighted by Crippen LogP contribution is 2.49. The number of halogens is 1. The lowest BCUT2D eigenvalue weighted by atomic mass is 9.85. The minimum absolute atomic E-state index is 0.148. The molecule has 1 atom stereocenters. The molecule has 3 aromatic rings. The highest BCUT2D eigenvalue weighted by molar-refractivity contribution is 6.33. The Morgan fingerprint density at radius 1 is 1.00 bits per heavy atom. The Hall–Kier alpha value is -2.44. The second-order valence-corrected chi connectivity index (χ2v) is 9.32. The predicted molar refractivity (Wildman–Crippen MR) is 139 cm³/mol. The number of hydrogen-bond donors (Lipinski definition) is 2. The van der Waals surface area contributed by atoms with Gasteiger partial charge in [-0.3, -0.25) is 4.79 Å². The lowest BCUT2D eigenvalue weighted by molar-refractivity contribution is -0.132. The fourth-order valence-electron chi connectivity index (χ4n) is 4.90. The molecule has 0 spiro atoms. The predicted octanol–water partition coefficient (Wildman–Crippen LogP) is 4.73. The molecule has 1 amide bonds. The number of hydrogen-bond acceptors (Lipinski definition) is 4. The number of unbranched alkanes of at least 4 members (excludes halogenated alkanes) is 1. The Kier molecular flexibility index (Phi) is 7.58. The molecule has 1 aliphatic rings. The van der Waals surface area contributed by atoms with E-state index in [1.165, 1.54) is 0 Å². The fourth-order valence-corrected chi connectivity index (χ4v) is 5.27. The first kappa shape index (κ1) is 24.7. The summed E-state index contributed by atoms with van der Waals surface area (Å²) in [5.74, 6) is -0.362. The van der Waals surface area contributed by atoms with Gasteiger partial charge in [-0.05, 0) is 72.5 Å². The maximum absolute atomic E-state index is 13.9. The summed E-state index contributed by atoms with van der Waals surface area (Å²) in [5, 5.41) is 23.6. The van der Waals surface area contributed by atoms with Crippen LogP contribution < -0.4 is 4.90 Å². The molecule has 2 N–H and O–H groups in total. The number of aliphatic hydroxyl groups is 2. The van der Waals surface area contributed by atoms with Crippen LogP contribution in [0.4, 0.5) is 5.69 Å². The molecule has 3 aromatic carbocycles. The van der Waals surface area contributed by atoms with Crippen molar-refractivity contribution in [3.63, 3.8) is 0 Å². The fraction of sp³-hybridized carbons (Fsp3) is 0.393. The maximum atomic E-state index is 13.9. The van der Waals surface area contributed by atoms with Crippen molar-refractivity contribution in [3.8, 4) is 0 Å². The van der Waals surface area contributed by atoms with Crippen LogP contribution >= 0.6 is 11.6 Å². The summed E-state index contributed by atoms with van der Waals surface area (Å²) in [4.78, 5) is 17.9. The molecule has 6 heteroatoms. The van der Waals surface area contributed by atoms with Gasteiger partial charge in [0.1, 0.15) is 0 Å². The minimum Gasteiger partial charge on any atom is -0.396 e. The number of aliphatic hydroxyl groups excluding tert-OH is 1. The monoisotopic (exact) mass is 480 g/mol. The average Bonchev–Trinajstić information content (AvgIpc) is 3.07. The number of amides is 1. The lowest BCUT2D eigenvalue weighted by Gasteiger charge is -2.26. The van der Waals surface area contributed by atoms with Crippen LogP contribution in [0.15, 0.2) is 54.6 Å². The summed E-state index contributed by atoms with van der Waals surface area (Å²) in [5.41, 5.74) is 0.820. The molecule has 0 radical (unpaired) electrons. The number of carbonyl (C=O) groups is 1. The number of nitrogens with zero attached hydrogens (tertiary/aromatic N) is 2. The summed E-state index contributed by atoms with van der Waals surface area (Å²) in [6, 6.07) is 17.4. The van der Waals surface area contributed by atoms with Gasteiger partial charge in [-0.15, -0.1) is 0 Å². The minimum atomic E-state index is -1.84. The van der Waals surface area contributed by atoms with Crippen LogP contribution in [-0.4, -0.2) is 53.8 Å². The Labute approximate surface area is 206 Å². The van der Waals surface area contributed by atoms with Crippen LogP contribution in [0.25, 0.3) is 10.8 Å². The molecule has 0 aromatic heterocycles. The van der Waals surface area contributed by atoms with Gasteiger partial charge >= 0.3 is 0 Å². The van der Waals surface area contributed by atoms with E-state index >= 15 is 0 Å². The van der Waals surface area contributed by atoms with Gasteiger partial charge < -0.3 is 20.0 Å². The van der Waals surface area contributed by atoms with Crippen LogP contribution in [0.5, 0.6) is 0 Å². The number of fused-ring (bicyclic) bond motifs is 2. The Bertz CT molecular complexity index is 1180. The first-order valence-electron chi connectivity index (χ1n) is 12.1. The zero-order valence-electron chi connectivity index (χ0n) is 19.9. The Balaban J connectivity index is 1.81. The van der Waals surface area contributed by atoms with E-state index < -0.39 is 5.60 Å². The van der Waals surface area contributed by atoms with Gasteiger partial charge in [0.2, 0.25) is 0 Å². The third kappa shape index (κ3) is 4.46. The van der Waals surface area contributed by atoms with Crippen molar-refractivity contribution in [1.29, 1.82) is 0 Å². The summed E-state index contributed by atoms with van der Waals surface area (Å²) in [7, 11) is 0. The van der Waals surface area contributed by atoms with Crippen LogP contribution in [0, 0.1) is 0 Å². The molecule has 1 heterocycles. The van der Waals surface area contributed by atoms with Gasteiger partial charge in [0.15, 0.2) is 5.60 Å². The molecule has 0 aliphatic carbocycles. The largest absolute Gasteiger partial charge is 0.396 e. The SMILES string of the molecule is CCN(CC)CCN1C(=O)C(O)(c2ccc3ccccc3c2)c2c(Cl)cc(CCCCO)cc21. The molecule has 34 heavy (non-hydrogen) atoms. The van der Waals surface area contributed by atoms with E-state index in [1.54, 1.807) is 4.90 Å². The van der Waals surface area contributed by atoms with Gasteiger partial charge in [0, 0.05) is 30.3 Å². The lowest BCUT2D eigenvalue weighted by Crippen LogP contribution is -2.44. The highest BCUT2D eigenvalue weighted by Gasteiger charge is 2.52. The van der Waals surface area contributed by atoms with Gasteiger partial charge in [-0.1, -0.05) is 61.8 Å². The van der Waals surface area contributed by atoms with E-state index in [-0.39, 0.29) is 12.5 Å². The molecule has 0 saturated heterocycles. The third-order valence-corrected chi connectivity index (χ3v) is 7.21. The number of carbonyl (C=O) groups excluding carboxylic acids is 1. The molecule has 180 valence electrons. The van der Waals surface area contributed by atoms with Crippen molar-refractivity contribution in [2.24, 2.45) is 0 Å². The molecule has 0 fully saturated rings. The molecule has 4 rings (SSSR count). The van der Waals surface area contributed by atoms with Crippen LogP contribution in [0.3, 0.4) is 0 Å². The van der Waals surface area contributed by atoms with Gasteiger partial charge in [-0.2, -0.15) is 0 Å². The zero-order valence-corrected chi connectivity index (χ0v) is 20.7. The van der Waals surface area contributed by atoms with Crippen LogP contribution in [0.2, 0.25) is 5.02 Å². The second-order valence-electron chi connectivity index (χ2n) is 8.91. The topological polar surface area (TPSA) is 64.0 Å². The molecule has 1 aliphatic heterocycles.